The number of benzene rings is 1. The topological polar surface area (TPSA) is 26.3 Å². The monoisotopic (exact) mass is 334 g/mol. The number of rotatable bonds is 12. The van der Waals surface area contributed by atoms with Gasteiger partial charge in [-0.25, -0.2) is 0 Å². The highest BCUT2D eigenvalue weighted by molar-refractivity contribution is 6.73. The van der Waals surface area contributed by atoms with Crippen LogP contribution in [-0.2, 0) is 9.22 Å². The number of ketones is 1. The Balaban J connectivity index is 2.87. The number of unbranched alkanes of at least 4 members (excludes halogenated alkanes) is 3. The van der Waals surface area contributed by atoms with Crippen LogP contribution in [0.3, 0.4) is 0 Å². The molecule has 0 spiro atoms. The first-order chi connectivity index (χ1) is 11.1. The van der Waals surface area contributed by atoms with Crippen molar-refractivity contribution in [2.75, 3.05) is 0 Å². The normalized spacial score (nSPS) is 13.0. The van der Waals surface area contributed by atoms with E-state index in [0.717, 1.165) is 36.5 Å². The molecule has 0 N–H and O–H groups in total. The Labute approximate surface area is 143 Å². The molecule has 1 atom stereocenters. The summed E-state index contributed by atoms with van der Waals surface area (Å²) in [6.07, 6.45) is 4.82. The van der Waals surface area contributed by atoms with E-state index in [1.165, 1.54) is 12.8 Å². The highest BCUT2D eigenvalue weighted by atomic mass is 28.4. The molecular weight excluding hydrogens is 300 g/mol. The van der Waals surface area contributed by atoms with Crippen LogP contribution in [0.1, 0.15) is 71.5 Å². The Hall–Kier alpha value is -0.933. The number of Topliss-reactive ketones (excluding diaryl/α,β-unsaturated/α-hetero) is 1. The number of carbonyl (C=O) groups excluding carboxylic acids is 1. The van der Waals surface area contributed by atoms with E-state index in [-0.39, 0.29) is 11.9 Å². The molecule has 1 aromatic carbocycles. The van der Waals surface area contributed by atoms with Crippen LogP contribution in [-0.4, -0.2) is 14.1 Å². The molecule has 1 aromatic rings. The fourth-order valence-electron chi connectivity index (χ4n) is 3.05. The summed E-state index contributed by atoms with van der Waals surface area (Å²) in [5.41, 5.74) is 1.03. The molecule has 0 aliphatic heterocycles. The van der Waals surface area contributed by atoms with E-state index in [0.29, 0.717) is 6.42 Å². The fraction of sp³-hybridized carbons (Fsp3) is 0.650. The summed E-state index contributed by atoms with van der Waals surface area (Å²) in [6.45, 7) is 8.84. The van der Waals surface area contributed by atoms with Gasteiger partial charge in [0.25, 0.3) is 0 Å². The molecule has 23 heavy (non-hydrogen) atoms. The van der Waals surface area contributed by atoms with E-state index in [1.807, 2.05) is 30.3 Å². The first kappa shape index (κ1) is 20.1. The van der Waals surface area contributed by atoms with Crippen LogP contribution >= 0.6 is 0 Å². The lowest BCUT2D eigenvalue weighted by molar-refractivity contribution is -0.126. The molecule has 0 bridgehead atoms. The summed E-state index contributed by atoms with van der Waals surface area (Å²) in [7, 11) is -1.80. The van der Waals surface area contributed by atoms with Gasteiger partial charge in [0.15, 0.2) is 14.1 Å². The van der Waals surface area contributed by atoms with Crippen LogP contribution in [0.5, 0.6) is 0 Å². The van der Waals surface area contributed by atoms with Gasteiger partial charge in [0.1, 0.15) is 6.10 Å². The predicted molar refractivity (Wildman–Crippen MR) is 101 cm³/mol. The molecule has 0 heterocycles. The van der Waals surface area contributed by atoms with Gasteiger partial charge in [-0.15, -0.1) is 0 Å². The summed E-state index contributed by atoms with van der Waals surface area (Å²) in [4.78, 5) is 12.8. The maximum Gasteiger partial charge on any atom is 0.193 e. The van der Waals surface area contributed by atoms with Gasteiger partial charge in [-0.05, 0) is 30.1 Å². The van der Waals surface area contributed by atoms with Crippen LogP contribution < -0.4 is 0 Å². The number of hydrogen-bond donors (Lipinski definition) is 0. The summed E-state index contributed by atoms with van der Waals surface area (Å²) >= 11 is 0. The largest absolute Gasteiger partial charge is 0.403 e. The van der Waals surface area contributed by atoms with Crippen molar-refractivity contribution in [3.05, 3.63) is 35.9 Å². The average molecular weight is 335 g/mol. The molecule has 3 heteroatoms. The van der Waals surface area contributed by atoms with Gasteiger partial charge < -0.3 is 4.43 Å². The lowest BCUT2D eigenvalue weighted by Crippen LogP contribution is -2.39. The van der Waals surface area contributed by atoms with E-state index in [2.05, 4.69) is 27.7 Å². The van der Waals surface area contributed by atoms with Crippen LogP contribution in [0.25, 0.3) is 0 Å². The third kappa shape index (κ3) is 6.23. The van der Waals surface area contributed by atoms with Gasteiger partial charge in [-0.1, -0.05) is 77.3 Å². The maximum atomic E-state index is 12.8. The molecule has 0 aliphatic carbocycles. The molecule has 0 fully saturated rings. The van der Waals surface area contributed by atoms with Crippen molar-refractivity contribution in [3.63, 3.8) is 0 Å². The molecule has 0 aromatic heterocycles. The Morgan fingerprint density at radius 3 is 2.09 bits per heavy atom. The molecule has 0 amide bonds. The Morgan fingerprint density at radius 2 is 1.57 bits per heavy atom. The van der Waals surface area contributed by atoms with Crippen LogP contribution in [0.4, 0.5) is 0 Å². The van der Waals surface area contributed by atoms with Gasteiger partial charge in [-0.3, -0.25) is 4.79 Å². The second-order valence-electron chi connectivity index (χ2n) is 6.43. The van der Waals surface area contributed by atoms with E-state index in [1.54, 1.807) is 0 Å². The molecule has 0 radical (unpaired) electrons. The Morgan fingerprint density at radius 1 is 0.957 bits per heavy atom. The smallest absolute Gasteiger partial charge is 0.193 e. The molecule has 1 rings (SSSR count). The van der Waals surface area contributed by atoms with Crippen molar-refractivity contribution in [3.8, 4) is 0 Å². The van der Waals surface area contributed by atoms with Crippen molar-refractivity contribution < 1.29 is 9.22 Å². The van der Waals surface area contributed by atoms with Gasteiger partial charge >= 0.3 is 0 Å². The second-order valence-corrected chi connectivity index (χ2v) is 11.2. The molecular formula is C20H34O2Si. The van der Waals surface area contributed by atoms with E-state index in [4.69, 9.17) is 4.43 Å². The second kappa shape index (κ2) is 10.8. The molecule has 0 saturated heterocycles. The fourth-order valence-corrected chi connectivity index (χ4v) is 5.82. The number of hydrogen-bond acceptors (Lipinski definition) is 2. The molecule has 0 aliphatic rings. The van der Waals surface area contributed by atoms with Gasteiger partial charge in [0.05, 0.1) is 0 Å². The Kier molecular flexibility index (Phi) is 9.42. The number of carbonyl (C=O) groups is 1. The molecule has 2 nitrogen and oxygen atoms in total. The van der Waals surface area contributed by atoms with E-state index >= 15 is 0 Å². The van der Waals surface area contributed by atoms with Crippen LogP contribution in [0.2, 0.25) is 18.1 Å². The van der Waals surface area contributed by atoms with E-state index in [9.17, 15) is 4.79 Å². The molecule has 130 valence electrons. The standard InChI is InChI=1S/C20H34O2Si/c1-5-9-10-14-17-19(21)20(18-15-12-11-13-16-18)22-23(6-2,7-3)8-4/h11-13,15-16,20H,5-10,14,17H2,1-4H3. The summed E-state index contributed by atoms with van der Waals surface area (Å²) in [5, 5.41) is 0. The first-order valence-corrected chi connectivity index (χ1v) is 11.9. The van der Waals surface area contributed by atoms with Crippen LogP contribution in [0.15, 0.2) is 30.3 Å². The quantitative estimate of drug-likeness (QED) is 0.332. The lowest BCUT2D eigenvalue weighted by atomic mass is 10.0. The molecule has 1 unspecified atom stereocenters. The van der Waals surface area contributed by atoms with Crippen molar-refractivity contribution in [2.45, 2.75) is 84.0 Å². The Bertz CT molecular complexity index is 432. The molecule has 0 saturated carbocycles. The van der Waals surface area contributed by atoms with Gasteiger partial charge in [0, 0.05) is 6.42 Å². The van der Waals surface area contributed by atoms with Crippen LogP contribution in [0, 0.1) is 0 Å². The first-order valence-electron chi connectivity index (χ1n) is 9.37. The zero-order valence-corrected chi connectivity index (χ0v) is 16.4. The predicted octanol–water partition coefficient (Wildman–Crippen LogP) is 6.29. The van der Waals surface area contributed by atoms with Crippen molar-refractivity contribution >= 4 is 14.1 Å². The highest BCUT2D eigenvalue weighted by Crippen LogP contribution is 2.31. The van der Waals surface area contributed by atoms with Gasteiger partial charge in [0.2, 0.25) is 0 Å². The zero-order valence-electron chi connectivity index (χ0n) is 15.4. The highest BCUT2D eigenvalue weighted by Gasteiger charge is 2.35. The minimum absolute atomic E-state index is 0.263. The average Bonchev–Trinajstić information content (AvgIpc) is 2.61. The van der Waals surface area contributed by atoms with Crippen molar-refractivity contribution in [1.29, 1.82) is 0 Å². The SMILES string of the molecule is CCCCCCC(=O)C(O[Si](CC)(CC)CC)c1ccccc1. The summed E-state index contributed by atoms with van der Waals surface area (Å²) < 4.78 is 6.58. The third-order valence-electron chi connectivity index (χ3n) is 4.97. The lowest BCUT2D eigenvalue weighted by Gasteiger charge is -2.33. The maximum absolute atomic E-state index is 12.8. The minimum Gasteiger partial charge on any atom is -0.403 e. The minimum atomic E-state index is -1.80. The summed E-state index contributed by atoms with van der Waals surface area (Å²) in [5.74, 6) is 0.263. The van der Waals surface area contributed by atoms with Crippen molar-refractivity contribution in [2.24, 2.45) is 0 Å². The zero-order chi connectivity index (χ0) is 17.1. The summed E-state index contributed by atoms with van der Waals surface area (Å²) in [6, 6.07) is 13.3. The third-order valence-corrected chi connectivity index (χ3v) is 9.57. The van der Waals surface area contributed by atoms with Crippen molar-refractivity contribution in [1.82, 2.24) is 0 Å². The van der Waals surface area contributed by atoms with Gasteiger partial charge in [-0.2, -0.15) is 0 Å². The van der Waals surface area contributed by atoms with E-state index < -0.39 is 8.32 Å².